The minimum atomic E-state index is -6.00. The van der Waals surface area contributed by atoms with E-state index < -0.39 is 13.0 Å². The Labute approximate surface area is 138 Å². The van der Waals surface area contributed by atoms with E-state index in [9.17, 15) is 22.4 Å². The van der Waals surface area contributed by atoms with Crippen LogP contribution in [0.2, 0.25) is 0 Å². The normalized spacial score (nSPS) is 13.3. The van der Waals surface area contributed by atoms with Crippen LogP contribution in [0.25, 0.3) is 0 Å². The fourth-order valence-electron chi connectivity index (χ4n) is 1.92. The Kier molecular flexibility index (Phi) is 21.9. The molecular formula is C14H37BF4N2O2. The van der Waals surface area contributed by atoms with Crippen molar-refractivity contribution in [2.75, 3.05) is 6.61 Å². The van der Waals surface area contributed by atoms with Crippen LogP contribution in [0.4, 0.5) is 17.3 Å². The number of hydrogen-bond donors (Lipinski definition) is 2. The molecule has 0 fully saturated rings. The van der Waals surface area contributed by atoms with Crippen molar-refractivity contribution in [1.82, 2.24) is 12.3 Å². The molecule has 0 amide bonds. The first-order chi connectivity index (χ1) is 9.56. The van der Waals surface area contributed by atoms with Crippen molar-refractivity contribution in [3.8, 4) is 0 Å². The lowest BCUT2D eigenvalue weighted by atomic mass is 9.96. The molecule has 8 N–H and O–H groups in total. The van der Waals surface area contributed by atoms with Gasteiger partial charge >= 0.3 is 7.25 Å². The SMILES string of the molecule is CCCCCCCCC([O-])(OCC)C(C)C.F[B-](F)(F)F.[NH4+].[NH4+]. The van der Waals surface area contributed by atoms with Gasteiger partial charge in [0.1, 0.15) is 0 Å². The maximum atomic E-state index is 12.3. The molecule has 23 heavy (non-hydrogen) atoms. The van der Waals surface area contributed by atoms with Crippen LogP contribution >= 0.6 is 0 Å². The Morgan fingerprint density at radius 1 is 0.913 bits per heavy atom. The largest absolute Gasteiger partial charge is 0.828 e. The molecule has 0 saturated carbocycles. The number of halogens is 4. The summed E-state index contributed by atoms with van der Waals surface area (Å²) in [7, 11) is -6.00. The van der Waals surface area contributed by atoms with Crippen molar-refractivity contribution in [2.24, 2.45) is 5.92 Å². The number of rotatable bonds is 10. The van der Waals surface area contributed by atoms with Crippen molar-refractivity contribution in [3.63, 3.8) is 0 Å². The van der Waals surface area contributed by atoms with Gasteiger partial charge in [0, 0.05) is 6.61 Å². The zero-order chi connectivity index (χ0) is 16.9. The summed E-state index contributed by atoms with van der Waals surface area (Å²) in [6.45, 7) is 8.56. The molecule has 0 aromatic heterocycles. The Morgan fingerprint density at radius 2 is 1.30 bits per heavy atom. The molecule has 1 unspecified atom stereocenters. The number of ether oxygens (including phenoxy) is 1. The zero-order valence-electron chi connectivity index (χ0n) is 15.6. The summed E-state index contributed by atoms with van der Waals surface area (Å²) in [5.74, 6) is -1.09. The molecule has 0 aromatic rings. The molecular weight excluding hydrogens is 315 g/mol. The average molecular weight is 352 g/mol. The highest BCUT2D eigenvalue weighted by Gasteiger charge is 2.21. The summed E-state index contributed by atoms with van der Waals surface area (Å²) in [4.78, 5) is 0. The molecule has 0 bridgehead atoms. The van der Waals surface area contributed by atoms with Crippen molar-refractivity contribution in [1.29, 1.82) is 0 Å². The number of unbranched alkanes of at least 4 members (excludes halogenated alkanes) is 5. The third kappa shape index (κ3) is 24.0. The first-order valence-corrected chi connectivity index (χ1v) is 7.78. The molecule has 9 heteroatoms. The highest BCUT2D eigenvalue weighted by atomic mass is 19.5. The second-order valence-corrected chi connectivity index (χ2v) is 5.41. The molecule has 0 spiro atoms. The minimum Gasteiger partial charge on any atom is -0.828 e. The van der Waals surface area contributed by atoms with E-state index in [1.807, 2.05) is 20.8 Å². The van der Waals surface area contributed by atoms with Gasteiger partial charge in [0.2, 0.25) is 0 Å². The van der Waals surface area contributed by atoms with Crippen LogP contribution < -0.4 is 17.4 Å². The molecule has 1 atom stereocenters. The van der Waals surface area contributed by atoms with Crippen molar-refractivity contribution < 1.29 is 27.1 Å². The fraction of sp³-hybridized carbons (Fsp3) is 1.00. The van der Waals surface area contributed by atoms with E-state index in [0.717, 1.165) is 6.42 Å². The lowest BCUT2D eigenvalue weighted by molar-refractivity contribution is -0.570. The maximum absolute atomic E-state index is 12.3. The van der Waals surface area contributed by atoms with Gasteiger partial charge in [-0.15, -0.1) is 0 Å². The summed E-state index contributed by atoms with van der Waals surface area (Å²) in [5.41, 5.74) is 0. The van der Waals surface area contributed by atoms with Crippen molar-refractivity contribution >= 4 is 7.25 Å². The number of quaternary nitrogens is 2. The molecule has 0 heterocycles. The van der Waals surface area contributed by atoms with E-state index in [4.69, 9.17) is 4.74 Å². The van der Waals surface area contributed by atoms with E-state index in [1.165, 1.54) is 32.1 Å². The van der Waals surface area contributed by atoms with Crippen LogP contribution in [0.3, 0.4) is 0 Å². The summed E-state index contributed by atoms with van der Waals surface area (Å²) in [6.07, 6.45) is 7.99. The first kappa shape index (κ1) is 30.5. The molecule has 0 radical (unpaired) electrons. The molecule has 0 saturated heterocycles. The van der Waals surface area contributed by atoms with E-state index >= 15 is 0 Å². The first-order valence-electron chi connectivity index (χ1n) is 7.78. The zero-order valence-corrected chi connectivity index (χ0v) is 15.6. The topological polar surface area (TPSA) is 105 Å². The molecule has 0 aliphatic heterocycles. The molecule has 0 aliphatic rings. The van der Waals surface area contributed by atoms with Gasteiger partial charge in [-0.1, -0.05) is 59.3 Å². The Balaban J connectivity index is -0.000000225. The van der Waals surface area contributed by atoms with Crippen molar-refractivity contribution in [3.05, 3.63) is 0 Å². The van der Waals surface area contributed by atoms with Gasteiger partial charge in [0.25, 0.3) is 0 Å². The van der Waals surface area contributed by atoms with Gasteiger partial charge in [0.15, 0.2) is 0 Å². The lowest BCUT2D eigenvalue weighted by Gasteiger charge is -2.44. The molecule has 4 nitrogen and oxygen atoms in total. The van der Waals surface area contributed by atoms with E-state index in [2.05, 4.69) is 6.92 Å². The maximum Gasteiger partial charge on any atom is 0.673 e. The smallest absolute Gasteiger partial charge is 0.673 e. The van der Waals surface area contributed by atoms with Crippen LogP contribution in [0, 0.1) is 5.92 Å². The van der Waals surface area contributed by atoms with Crippen LogP contribution in [0.1, 0.15) is 72.6 Å². The number of hydrogen-bond acceptors (Lipinski definition) is 2. The van der Waals surface area contributed by atoms with Gasteiger partial charge in [-0.3, -0.25) is 0 Å². The predicted octanol–water partition coefficient (Wildman–Crippen LogP) is 5.54. The average Bonchev–Trinajstić information content (AvgIpc) is 2.31. The Morgan fingerprint density at radius 3 is 1.65 bits per heavy atom. The van der Waals surface area contributed by atoms with Gasteiger partial charge in [-0.25, -0.2) is 0 Å². The third-order valence-electron chi connectivity index (χ3n) is 3.15. The highest BCUT2D eigenvalue weighted by Crippen LogP contribution is 2.22. The van der Waals surface area contributed by atoms with E-state index in [0.29, 0.717) is 13.0 Å². The molecule has 0 aliphatic carbocycles. The second kappa shape index (κ2) is 16.5. The summed E-state index contributed by atoms with van der Waals surface area (Å²) in [5, 5.41) is 12.3. The Bertz CT molecular complexity index is 241. The highest BCUT2D eigenvalue weighted by molar-refractivity contribution is 6.50. The van der Waals surface area contributed by atoms with Crippen LogP contribution in [0.15, 0.2) is 0 Å². The molecule has 0 rings (SSSR count). The fourth-order valence-corrected chi connectivity index (χ4v) is 1.92. The van der Waals surface area contributed by atoms with E-state index in [1.54, 1.807) is 0 Å². The standard InChI is InChI=1S/C14H29O2.BF4.2H3N/c1-5-7-8-9-10-11-12-14(15,13(3)4)16-6-2;2-1(3,4)5;;/h13H,5-12H2,1-4H3;;2*1H3/q2*-1;;/p+2. The lowest BCUT2D eigenvalue weighted by Crippen LogP contribution is -2.51. The van der Waals surface area contributed by atoms with Gasteiger partial charge in [-0.05, 0) is 25.0 Å². The summed E-state index contributed by atoms with van der Waals surface area (Å²) in [6, 6.07) is 0. The predicted molar refractivity (Wildman–Crippen MR) is 89.3 cm³/mol. The van der Waals surface area contributed by atoms with Crippen molar-refractivity contribution in [2.45, 2.75) is 78.4 Å². The summed E-state index contributed by atoms with van der Waals surface area (Å²) < 4.78 is 44.4. The van der Waals surface area contributed by atoms with Gasteiger partial charge in [0.05, 0.1) is 0 Å². The van der Waals surface area contributed by atoms with Gasteiger partial charge < -0.3 is 39.4 Å². The third-order valence-corrected chi connectivity index (χ3v) is 3.15. The monoisotopic (exact) mass is 352 g/mol. The summed E-state index contributed by atoms with van der Waals surface area (Å²) >= 11 is 0. The Hall–Kier alpha value is -0.375. The van der Waals surface area contributed by atoms with Crippen LogP contribution in [0.5, 0.6) is 0 Å². The van der Waals surface area contributed by atoms with Gasteiger partial charge in [-0.2, -0.15) is 0 Å². The second-order valence-electron chi connectivity index (χ2n) is 5.41. The quantitative estimate of drug-likeness (QED) is 0.233. The van der Waals surface area contributed by atoms with Crippen LogP contribution in [-0.4, -0.2) is 19.6 Å². The molecule has 0 aromatic carbocycles. The van der Waals surface area contributed by atoms with Crippen LogP contribution in [-0.2, 0) is 4.74 Å². The molecule has 146 valence electrons. The van der Waals surface area contributed by atoms with E-state index in [-0.39, 0.29) is 18.2 Å². The minimum absolute atomic E-state index is 0.